The minimum atomic E-state index is -4.48. The highest BCUT2D eigenvalue weighted by atomic mass is 32.2. The lowest BCUT2D eigenvalue weighted by Gasteiger charge is -2.17. The summed E-state index contributed by atoms with van der Waals surface area (Å²) >= 11 is 0.904. The van der Waals surface area contributed by atoms with E-state index in [9.17, 15) is 59.1 Å². The molecule has 108 heavy (non-hydrogen) atoms. The standard InChI is InChI=1S/3C24H31FN6O4S/c3*1-3-8-36-24-27-22(26-16-10-14(16)13-5-4-12(2)15(25)9-13)19-23(28-24)31(30-29-19)17-11-18(35-7-6-32)21(34)20(17)33/h3*4-5,9,14,16-18,20-21,32-34H,3,6-8,10-11H2,1-2H3,(H,26,27,28)/t3*14-,16+,17+,18-,20-,21+/m000/s1/i3D2,4D,5D,6D2,7D2,8D2,9D,11D2,14D,16D,17D,18D,20D,21D;3D2,4D,5D,7D2,8D2,9D,11D2,14D,16D,17D,18D,20D,21D;4D,5D,9D,10D2,11D2,14D,16D,17D,18D,20D,21D. The maximum absolute atomic E-state index is 14.9. The zero-order valence-electron chi connectivity index (χ0n) is 105. The average Bonchev–Trinajstić information content (AvgIpc) is 1.59. The third kappa shape index (κ3) is 17.5. The number of aliphatic hydroxyl groups is 9. The highest BCUT2D eigenvalue weighted by Gasteiger charge is 2.49. The molecule has 12 N–H and O–H groups in total. The first-order valence-corrected chi connectivity index (χ1v) is 33.9. The van der Waals surface area contributed by atoms with E-state index in [1.807, 2.05) is 0 Å². The fraction of sp³-hybridized carbons (Fsp3) is 0.583. The second kappa shape index (κ2) is 35.1. The summed E-state index contributed by atoms with van der Waals surface area (Å²) in [6, 6.07) is -26.7. The molecule has 0 saturated heterocycles. The third-order valence-electron chi connectivity index (χ3n) is 14.9. The monoisotopic (exact) mass is 1600 g/mol. The molecule has 6 saturated carbocycles. The predicted molar refractivity (Wildman–Crippen MR) is 398 cm³/mol. The third-order valence-corrected chi connectivity index (χ3v) is 17.3. The summed E-state index contributed by atoms with van der Waals surface area (Å²) in [5, 5.41) is 122. The Kier molecular flexibility index (Phi) is 12.5. The summed E-state index contributed by atoms with van der Waals surface area (Å²) in [5.41, 5.74) is -13.8. The molecular weight excluding hydrogens is 1460 g/mol. The Morgan fingerprint density at radius 1 is 0.500 bits per heavy atom. The van der Waals surface area contributed by atoms with Crippen molar-refractivity contribution >= 4 is 86.2 Å². The van der Waals surface area contributed by atoms with Gasteiger partial charge in [-0.15, -0.1) is 15.3 Å². The van der Waals surface area contributed by atoms with E-state index in [1.165, 1.54) is 0 Å². The van der Waals surface area contributed by atoms with E-state index < -0.39 is 360 Å². The van der Waals surface area contributed by atoms with Crippen molar-refractivity contribution in [3.63, 3.8) is 0 Å². The Bertz CT molecular complexity index is 7220. The molecule has 6 aromatic heterocycles. The fourth-order valence-corrected chi connectivity index (χ4v) is 11.2. The van der Waals surface area contributed by atoms with Gasteiger partial charge in [-0.3, -0.25) is 0 Å². The molecule has 6 aliphatic carbocycles. The summed E-state index contributed by atoms with van der Waals surface area (Å²) in [6.07, 6.45) is -58.5. The molecule has 0 radical (unpaired) electrons. The summed E-state index contributed by atoms with van der Waals surface area (Å²) in [4.78, 5) is 24.4. The number of anilines is 3. The van der Waals surface area contributed by atoms with Crippen molar-refractivity contribution in [3.8, 4) is 0 Å². The van der Waals surface area contributed by atoms with Crippen molar-refractivity contribution in [2.45, 2.75) is 223 Å². The van der Waals surface area contributed by atoms with Gasteiger partial charge in [0, 0.05) is 98.1 Å². The number of thioether (sulfide) groups is 3. The van der Waals surface area contributed by atoms with Gasteiger partial charge in [-0.2, -0.15) is 0 Å². The first-order valence-electron chi connectivity index (χ1n) is 55.8. The van der Waals surface area contributed by atoms with E-state index in [0.29, 0.717) is 12.2 Å². The van der Waals surface area contributed by atoms with E-state index in [0.717, 1.165) is 46.4 Å². The first-order chi connectivity index (χ1) is 70.4. The number of benzene rings is 3. The molecule has 0 spiro atoms. The Morgan fingerprint density at radius 3 is 1.26 bits per heavy atom. The number of ether oxygens (including phenoxy) is 3. The van der Waals surface area contributed by atoms with Gasteiger partial charge in [0.1, 0.15) is 53.9 Å². The van der Waals surface area contributed by atoms with Gasteiger partial charge in [-0.25, -0.2) is 57.1 Å². The molecular formula is C72H93F3N18O12S3. The quantitative estimate of drug-likeness (QED) is 0.0168. The van der Waals surface area contributed by atoms with Gasteiger partial charge in [0.05, 0.1) is 117 Å². The van der Waals surface area contributed by atoms with Crippen LogP contribution < -0.4 is 16.0 Å². The molecule has 0 bridgehead atoms. The number of rotatable bonds is 30. The highest BCUT2D eigenvalue weighted by Crippen LogP contribution is 2.48. The van der Waals surface area contributed by atoms with Crippen molar-refractivity contribution in [1.29, 1.82) is 0 Å². The highest BCUT2D eigenvalue weighted by molar-refractivity contribution is 7.99. The van der Waals surface area contributed by atoms with Crippen LogP contribution in [0.1, 0.15) is 215 Å². The Balaban J connectivity index is 0.000000195. The van der Waals surface area contributed by atoms with Gasteiger partial charge in [-0.05, 0) is 111 Å². The minimum absolute atomic E-state index is 0.00642. The Morgan fingerprint density at radius 2 is 0.880 bits per heavy atom. The van der Waals surface area contributed by atoms with Crippen LogP contribution in [0, 0.1) is 38.2 Å². The van der Waals surface area contributed by atoms with E-state index in [1.54, 1.807) is 6.92 Å². The zero-order chi connectivity index (χ0) is 120. The smallest absolute Gasteiger partial charge is 0.191 e. The largest absolute Gasteiger partial charge is 0.394 e. The van der Waals surface area contributed by atoms with Gasteiger partial charge < -0.3 is 76.1 Å². The number of hydrogen-bond donors (Lipinski definition) is 12. The summed E-state index contributed by atoms with van der Waals surface area (Å²) in [7, 11) is 0. The lowest BCUT2D eigenvalue weighted by Crippen LogP contribution is -2.33. The van der Waals surface area contributed by atoms with E-state index in [4.69, 9.17) is 71.9 Å². The molecule has 6 aliphatic rings. The SMILES string of the molecule is [2H]c1c([2H])c([C@]2([2H])C([2H])([2H])[C@@]2([2H])Nc2nc(SCCC)nc3c2nnn3[C@]2([2H])C([2H])([2H])[C@]([2H])(OCCO)[C@@]([2H])(O)[C@@]2([2H])O)c([2H])c(F)c1C.[2H]c1c([2H])c([C@]2([2H])C[C@@]2([2H])Nc2nc(SC([2H])([2H])C([2H])([2H])C)nc3c2nnn3[C@]2([2H])C([2H])([2H])[C@]([2H])(OC([2H])([2H])C([2H])([2H])O)[C@@]([2H])(O)[C@@]2([2H])O)c([2H])c(F)c1C.[2H]c1c([2H])c([C@]2([2H])C[C@@]2([2H])Nc2nc(SC([2H])([2H])C([2H])([2H])C)nc3c2nnn3[C@]2([2H])C([2H])([2H])[C@]([2H])(OC([2H])([2H])CO)[C@@]([2H])(O)[C@@]2([2H])O)c([2H])c(F)c1C. The van der Waals surface area contributed by atoms with E-state index >= 15 is 0 Å². The lowest BCUT2D eigenvalue weighted by atomic mass is 10.1. The number of nitrogens with zero attached hydrogens (tertiary/aromatic N) is 15. The zero-order valence-corrected chi connectivity index (χ0v) is 58.7. The molecule has 0 amide bonds. The first kappa shape index (κ1) is 38.4. The fourth-order valence-electron chi connectivity index (χ4n) is 9.54. The molecule has 15 rings (SSSR count). The van der Waals surface area contributed by atoms with Crippen molar-refractivity contribution in [2.24, 2.45) is 0 Å². The molecule has 36 heteroatoms. The molecule has 0 unspecified atom stereocenters. The molecule has 582 valence electrons. The second-order valence-corrected chi connectivity index (χ2v) is 24.8. The van der Waals surface area contributed by atoms with Crippen LogP contribution in [0.5, 0.6) is 0 Å². The van der Waals surface area contributed by atoms with Crippen molar-refractivity contribution in [2.75, 3.05) is 72.6 Å². The van der Waals surface area contributed by atoms with Crippen LogP contribution in [0.2, 0.25) is 0 Å². The number of aliphatic hydroxyl groups excluding tert-OH is 2. The van der Waals surface area contributed by atoms with Gasteiger partial charge in [0.15, 0.2) is 66.4 Å². The van der Waals surface area contributed by atoms with E-state index in [-0.39, 0.29) is 59.4 Å². The number of halogens is 3. The Hall–Kier alpha value is -7.14. The normalized spacial score (nSPS) is 49.3. The number of hydrogen-bond acceptors (Lipinski definition) is 30. The number of nitrogens with one attached hydrogen (secondary N) is 3. The van der Waals surface area contributed by atoms with Gasteiger partial charge in [-0.1, -0.05) is 108 Å². The average molecular weight is 1610 g/mol. The number of fused-ring (bicyclic) bond motifs is 3. The van der Waals surface area contributed by atoms with Crippen LogP contribution in [0.15, 0.2) is 69.9 Å². The molecule has 6 heterocycles. The van der Waals surface area contributed by atoms with Crippen LogP contribution in [0.4, 0.5) is 30.6 Å². The minimum Gasteiger partial charge on any atom is -0.394 e. The summed E-state index contributed by atoms with van der Waals surface area (Å²) in [5.74, 6) is -13.0. The van der Waals surface area contributed by atoms with E-state index in [2.05, 4.69) is 86.3 Å². The Labute approximate surface area is 702 Å². The predicted octanol–water partition coefficient (Wildman–Crippen LogP) is 6.55. The lowest BCUT2D eigenvalue weighted by molar-refractivity contribution is -0.0629. The van der Waals surface area contributed by atoms with Crippen molar-refractivity contribution in [3.05, 3.63) is 105 Å². The maximum Gasteiger partial charge on any atom is 0.191 e. The van der Waals surface area contributed by atoms with Crippen LogP contribution in [0.3, 0.4) is 0 Å². The molecule has 18 atom stereocenters. The van der Waals surface area contributed by atoms with Gasteiger partial charge in [0.25, 0.3) is 0 Å². The van der Waals surface area contributed by atoms with Gasteiger partial charge >= 0.3 is 0 Å². The van der Waals surface area contributed by atoms with Crippen molar-refractivity contribution < 1.29 is 141 Å². The maximum atomic E-state index is 14.9. The molecule has 3 aromatic carbocycles. The molecule has 6 fully saturated rings. The van der Waals surface area contributed by atoms with Crippen molar-refractivity contribution in [1.82, 2.24) is 74.9 Å². The topological polar surface area (TPSA) is 415 Å². The summed E-state index contributed by atoms with van der Waals surface area (Å²) < 4.78 is 470. The van der Waals surface area contributed by atoms with Crippen LogP contribution in [-0.4, -0.2) is 250 Å². The molecule has 9 aromatic rings. The number of aromatic nitrogens is 15. The summed E-state index contributed by atoms with van der Waals surface area (Å²) in [6.45, 7) is -8.03. The van der Waals surface area contributed by atoms with Crippen LogP contribution in [-0.2, 0) is 14.2 Å². The second-order valence-electron chi connectivity index (χ2n) is 22.2. The molecule has 30 nitrogen and oxygen atoms in total. The van der Waals surface area contributed by atoms with Gasteiger partial charge in [0.2, 0.25) is 0 Å². The van der Waals surface area contributed by atoms with Crippen LogP contribution >= 0.6 is 35.3 Å². The molecule has 0 aliphatic heterocycles. The van der Waals surface area contributed by atoms with Crippen LogP contribution in [0.25, 0.3) is 33.5 Å².